The molecule has 0 unspecified atom stereocenters. The zero-order chi connectivity index (χ0) is 13.3. The number of piperidine rings is 1. The maximum Gasteiger partial charge on any atom is 0.0749 e. The lowest BCUT2D eigenvalue weighted by Crippen LogP contribution is -2.60. The largest absolute Gasteiger partial charge is 0.389 e. The van der Waals surface area contributed by atoms with Gasteiger partial charge < -0.3 is 15.7 Å². The maximum absolute atomic E-state index is 11.0. The molecule has 1 saturated heterocycles. The Kier molecular flexibility index (Phi) is 3.27. The van der Waals surface area contributed by atoms with Crippen molar-refractivity contribution in [2.75, 3.05) is 24.5 Å². The van der Waals surface area contributed by atoms with Gasteiger partial charge in [0.25, 0.3) is 0 Å². The van der Waals surface area contributed by atoms with Gasteiger partial charge in [0, 0.05) is 30.7 Å². The van der Waals surface area contributed by atoms with Gasteiger partial charge in [0.05, 0.1) is 5.60 Å². The van der Waals surface area contributed by atoms with Crippen LogP contribution >= 0.6 is 0 Å². The molecule has 104 valence electrons. The molecule has 2 fully saturated rings. The van der Waals surface area contributed by atoms with Gasteiger partial charge in [0.2, 0.25) is 0 Å². The second-order valence-electron chi connectivity index (χ2n) is 6.19. The first-order chi connectivity index (χ1) is 9.19. The minimum atomic E-state index is -0.536. The summed E-state index contributed by atoms with van der Waals surface area (Å²) in [5.74, 6) is 0. The highest BCUT2D eigenvalue weighted by Gasteiger charge is 2.53. The first-order valence-electron chi connectivity index (χ1n) is 7.42. The van der Waals surface area contributed by atoms with E-state index in [1.807, 2.05) is 6.07 Å². The molecule has 19 heavy (non-hydrogen) atoms. The number of para-hydroxylation sites is 1. The molecule has 2 aliphatic rings. The van der Waals surface area contributed by atoms with Crippen molar-refractivity contribution in [3.63, 3.8) is 0 Å². The fourth-order valence-electron chi connectivity index (χ4n) is 3.77. The van der Waals surface area contributed by atoms with Crippen molar-refractivity contribution in [3.05, 3.63) is 30.3 Å². The Morgan fingerprint density at radius 1 is 1.05 bits per heavy atom. The molecular weight excluding hydrogens is 236 g/mol. The fourth-order valence-corrected chi connectivity index (χ4v) is 3.77. The number of nitrogens with zero attached hydrogens (tertiary/aromatic N) is 1. The van der Waals surface area contributed by atoms with Crippen LogP contribution in [0.4, 0.5) is 5.69 Å². The molecule has 1 saturated carbocycles. The lowest BCUT2D eigenvalue weighted by Gasteiger charge is -2.56. The Morgan fingerprint density at radius 2 is 1.68 bits per heavy atom. The second kappa shape index (κ2) is 4.80. The molecule has 3 heteroatoms. The van der Waals surface area contributed by atoms with Crippen molar-refractivity contribution in [2.24, 2.45) is 11.1 Å². The molecule has 1 aromatic carbocycles. The number of aliphatic hydroxyl groups is 1. The average molecular weight is 260 g/mol. The molecule has 1 aromatic rings. The molecule has 1 aliphatic carbocycles. The van der Waals surface area contributed by atoms with Gasteiger partial charge in [0.15, 0.2) is 0 Å². The fraction of sp³-hybridized carbons (Fsp3) is 0.625. The van der Waals surface area contributed by atoms with E-state index in [0.29, 0.717) is 6.54 Å². The Balaban J connectivity index is 1.69. The molecular formula is C16H24N2O. The summed E-state index contributed by atoms with van der Waals surface area (Å²) in [6.07, 6.45) is 5.12. The van der Waals surface area contributed by atoms with Crippen LogP contribution in [0.2, 0.25) is 0 Å². The second-order valence-corrected chi connectivity index (χ2v) is 6.19. The summed E-state index contributed by atoms with van der Waals surface area (Å²) in [5, 5.41) is 11.0. The van der Waals surface area contributed by atoms with E-state index in [1.54, 1.807) is 0 Å². The standard InChI is InChI=1S/C16H24N2O/c17-13-15(7-4-8-15)16(19)9-11-18(12-10-16)14-5-2-1-3-6-14/h1-3,5-6,19H,4,7-13,17H2. The minimum Gasteiger partial charge on any atom is -0.389 e. The Bertz CT molecular complexity index is 414. The van der Waals surface area contributed by atoms with Crippen molar-refractivity contribution >= 4 is 5.69 Å². The average Bonchev–Trinajstić information content (AvgIpc) is 2.40. The highest BCUT2D eigenvalue weighted by atomic mass is 16.3. The van der Waals surface area contributed by atoms with Crippen LogP contribution in [0.1, 0.15) is 32.1 Å². The van der Waals surface area contributed by atoms with Crippen molar-refractivity contribution in [1.82, 2.24) is 0 Å². The van der Waals surface area contributed by atoms with Crippen LogP contribution in [0.15, 0.2) is 30.3 Å². The van der Waals surface area contributed by atoms with Crippen molar-refractivity contribution in [2.45, 2.75) is 37.7 Å². The highest BCUT2D eigenvalue weighted by Crippen LogP contribution is 2.52. The van der Waals surface area contributed by atoms with Gasteiger partial charge >= 0.3 is 0 Å². The first kappa shape index (κ1) is 12.9. The van der Waals surface area contributed by atoms with E-state index in [2.05, 4.69) is 29.2 Å². The van der Waals surface area contributed by atoms with E-state index in [4.69, 9.17) is 5.73 Å². The topological polar surface area (TPSA) is 49.5 Å². The normalized spacial score (nSPS) is 24.8. The van der Waals surface area contributed by atoms with Crippen LogP contribution in [-0.2, 0) is 0 Å². The van der Waals surface area contributed by atoms with Gasteiger partial charge in [-0.1, -0.05) is 24.6 Å². The van der Waals surface area contributed by atoms with Crippen LogP contribution in [0, 0.1) is 5.41 Å². The number of hydrogen-bond donors (Lipinski definition) is 2. The predicted octanol–water partition coefficient (Wildman–Crippen LogP) is 2.15. The first-order valence-corrected chi connectivity index (χ1v) is 7.42. The third-order valence-corrected chi connectivity index (χ3v) is 5.40. The number of benzene rings is 1. The van der Waals surface area contributed by atoms with Crippen molar-refractivity contribution in [3.8, 4) is 0 Å². The lowest BCUT2D eigenvalue weighted by molar-refractivity contribution is -0.135. The highest BCUT2D eigenvalue weighted by molar-refractivity contribution is 5.46. The summed E-state index contributed by atoms with van der Waals surface area (Å²) < 4.78 is 0. The molecule has 1 heterocycles. The van der Waals surface area contributed by atoms with Crippen LogP contribution < -0.4 is 10.6 Å². The third-order valence-electron chi connectivity index (χ3n) is 5.40. The van der Waals surface area contributed by atoms with E-state index in [-0.39, 0.29) is 5.41 Å². The SMILES string of the molecule is NCC1(C2(O)CCN(c3ccccc3)CC2)CCC1. The quantitative estimate of drug-likeness (QED) is 0.875. The summed E-state index contributed by atoms with van der Waals surface area (Å²) in [4.78, 5) is 2.37. The van der Waals surface area contributed by atoms with E-state index < -0.39 is 5.60 Å². The van der Waals surface area contributed by atoms with E-state index in [0.717, 1.165) is 38.8 Å². The smallest absolute Gasteiger partial charge is 0.0749 e. The van der Waals surface area contributed by atoms with Crippen LogP contribution in [0.3, 0.4) is 0 Å². The third kappa shape index (κ3) is 2.05. The van der Waals surface area contributed by atoms with E-state index in [9.17, 15) is 5.11 Å². The Morgan fingerprint density at radius 3 is 2.16 bits per heavy atom. The van der Waals surface area contributed by atoms with Crippen LogP contribution in [0.5, 0.6) is 0 Å². The van der Waals surface area contributed by atoms with Crippen molar-refractivity contribution in [1.29, 1.82) is 0 Å². The summed E-state index contributed by atoms with van der Waals surface area (Å²) in [6.45, 7) is 2.50. The van der Waals surface area contributed by atoms with Gasteiger partial charge in [-0.3, -0.25) is 0 Å². The maximum atomic E-state index is 11.0. The molecule has 3 N–H and O–H groups in total. The monoisotopic (exact) mass is 260 g/mol. The molecule has 0 radical (unpaired) electrons. The molecule has 0 spiro atoms. The molecule has 0 bridgehead atoms. The molecule has 0 amide bonds. The van der Waals surface area contributed by atoms with Gasteiger partial charge in [-0.2, -0.15) is 0 Å². The van der Waals surface area contributed by atoms with Crippen LogP contribution in [0.25, 0.3) is 0 Å². The number of anilines is 1. The number of nitrogens with two attached hydrogens (primary N) is 1. The minimum absolute atomic E-state index is 0.00970. The van der Waals surface area contributed by atoms with Crippen molar-refractivity contribution < 1.29 is 5.11 Å². The summed E-state index contributed by atoms with van der Waals surface area (Å²) in [5.41, 5.74) is 6.69. The Labute approximate surface area is 115 Å². The van der Waals surface area contributed by atoms with Gasteiger partial charge in [-0.05, 0) is 37.8 Å². The van der Waals surface area contributed by atoms with Gasteiger partial charge in [0.1, 0.15) is 0 Å². The van der Waals surface area contributed by atoms with Gasteiger partial charge in [-0.15, -0.1) is 0 Å². The molecule has 1 aliphatic heterocycles. The van der Waals surface area contributed by atoms with E-state index >= 15 is 0 Å². The van der Waals surface area contributed by atoms with Gasteiger partial charge in [-0.25, -0.2) is 0 Å². The lowest BCUT2D eigenvalue weighted by atomic mass is 9.56. The number of hydrogen-bond acceptors (Lipinski definition) is 3. The molecule has 0 atom stereocenters. The molecule has 3 rings (SSSR count). The van der Waals surface area contributed by atoms with Crippen LogP contribution in [-0.4, -0.2) is 30.3 Å². The molecule has 3 nitrogen and oxygen atoms in total. The predicted molar refractivity (Wildman–Crippen MR) is 78.2 cm³/mol. The summed E-state index contributed by atoms with van der Waals surface area (Å²) >= 11 is 0. The summed E-state index contributed by atoms with van der Waals surface area (Å²) in [6, 6.07) is 10.5. The van der Waals surface area contributed by atoms with E-state index in [1.165, 1.54) is 12.1 Å². The zero-order valence-corrected chi connectivity index (χ0v) is 11.5. The zero-order valence-electron chi connectivity index (χ0n) is 11.5. The Hall–Kier alpha value is -1.06. The molecule has 0 aromatic heterocycles. The summed E-state index contributed by atoms with van der Waals surface area (Å²) in [7, 11) is 0. The number of rotatable bonds is 3.